The highest BCUT2D eigenvalue weighted by atomic mass is 16.5. The molecule has 18 heavy (non-hydrogen) atoms. The molecule has 0 bridgehead atoms. The number of carbonyl (C=O) groups excluding carboxylic acids is 1. The van der Waals surface area contributed by atoms with E-state index in [2.05, 4.69) is 20.5 Å². The highest BCUT2D eigenvalue weighted by molar-refractivity contribution is 6.03. The molecule has 0 radical (unpaired) electrons. The zero-order valence-corrected chi connectivity index (χ0v) is 9.51. The lowest BCUT2D eigenvalue weighted by molar-refractivity contribution is 0.102. The Balaban J connectivity index is 2.21. The number of nitrogens with zero attached hydrogens (tertiary/aromatic N) is 2. The Labute approximate surface area is 102 Å². The van der Waals surface area contributed by atoms with E-state index in [1.807, 2.05) is 0 Å². The molecule has 0 spiro atoms. The van der Waals surface area contributed by atoms with Crippen LogP contribution in [0.2, 0.25) is 0 Å². The maximum atomic E-state index is 11.8. The van der Waals surface area contributed by atoms with E-state index in [1.54, 1.807) is 18.3 Å². The molecule has 2 rings (SSSR count). The lowest BCUT2D eigenvalue weighted by Crippen LogP contribution is -2.18. The molecule has 0 fully saturated rings. The Morgan fingerprint density at radius 1 is 1.39 bits per heavy atom. The summed E-state index contributed by atoms with van der Waals surface area (Å²) in [5.74, 6) is -0.159. The first kappa shape index (κ1) is 11.8. The van der Waals surface area contributed by atoms with Crippen LogP contribution in [0.1, 0.15) is 10.5 Å². The van der Waals surface area contributed by atoms with Crippen molar-refractivity contribution < 1.29 is 9.53 Å². The van der Waals surface area contributed by atoms with Crippen LogP contribution in [0, 0.1) is 0 Å². The first-order valence-corrected chi connectivity index (χ1v) is 5.07. The number of H-pyrrole nitrogens is 1. The van der Waals surface area contributed by atoms with Crippen molar-refractivity contribution in [1.29, 1.82) is 0 Å². The molecular formula is C11H10N4O3. The van der Waals surface area contributed by atoms with Gasteiger partial charge in [-0.3, -0.25) is 9.59 Å². The molecule has 0 saturated carbocycles. The summed E-state index contributed by atoms with van der Waals surface area (Å²) in [5, 5.41) is 8.39. The van der Waals surface area contributed by atoms with Gasteiger partial charge in [-0.15, -0.1) is 0 Å². The van der Waals surface area contributed by atoms with Gasteiger partial charge in [0.05, 0.1) is 7.11 Å². The second kappa shape index (κ2) is 5.09. The van der Waals surface area contributed by atoms with Gasteiger partial charge in [0.25, 0.3) is 11.5 Å². The van der Waals surface area contributed by atoms with Gasteiger partial charge < -0.3 is 10.1 Å². The number of nitrogens with one attached hydrogen (secondary N) is 2. The van der Waals surface area contributed by atoms with Gasteiger partial charge in [0, 0.05) is 12.3 Å². The summed E-state index contributed by atoms with van der Waals surface area (Å²) >= 11 is 0. The minimum atomic E-state index is -0.461. The fourth-order valence-electron chi connectivity index (χ4n) is 1.31. The summed E-state index contributed by atoms with van der Waals surface area (Å²) in [7, 11) is 1.45. The molecule has 0 unspecified atom stereocenters. The number of carbonyl (C=O) groups is 1. The Bertz CT molecular complexity index is 603. The second-order valence-corrected chi connectivity index (χ2v) is 3.32. The third-order valence-corrected chi connectivity index (χ3v) is 2.12. The van der Waals surface area contributed by atoms with Crippen molar-refractivity contribution in [2.45, 2.75) is 0 Å². The number of rotatable bonds is 3. The van der Waals surface area contributed by atoms with E-state index in [1.165, 1.54) is 19.2 Å². The van der Waals surface area contributed by atoms with Crippen LogP contribution in [0.5, 0.6) is 5.88 Å². The van der Waals surface area contributed by atoms with Crippen LogP contribution >= 0.6 is 0 Å². The van der Waals surface area contributed by atoms with E-state index in [-0.39, 0.29) is 11.3 Å². The molecule has 0 aliphatic heterocycles. The van der Waals surface area contributed by atoms with Gasteiger partial charge in [-0.05, 0) is 18.2 Å². The average Bonchev–Trinajstić information content (AvgIpc) is 2.40. The molecule has 0 atom stereocenters. The van der Waals surface area contributed by atoms with E-state index in [9.17, 15) is 9.59 Å². The smallest absolute Gasteiger partial charge is 0.276 e. The zero-order chi connectivity index (χ0) is 13.0. The molecule has 2 aromatic rings. The topological polar surface area (TPSA) is 97.0 Å². The fourth-order valence-corrected chi connectivity index (χ4v) is 1.31. The Hall–Kier alpha value is -2.70. The first-order valence-electron chi connectivity index (χ1n) is 5.07. The van der Waals surface area contributed by atoms with Crippen molar-refractivity contribution in [3.8, 4) is 5.88 Å². The number of anilines is 1. The van der Waals surface area contributed by atoms with Crippen LogP contribution in [-0.2, 0) is 0 Å². The van der Waals surface area contributed by atoms with Gasteiger partial charge in [0.2, 0.25) is 5.88 Å². The summed E-state index contributed by atoms with van der Waals surface area (Å²) < 4.78 is 5.00. The van der Waals surface area contributed by atoms with Crippen molar-refractivity contribution in [1.82, 2.24) is 15.2 Å². The molecule has 0 aliphatic carbocycles. The number of ether oxygens (including phenoxy) is 1. The number of aromatic amines is 1. The van der Waals surface area contributed by atoms with Crippen LogP contribution in [0.25, 0.3) is 0 Å². The van der Waals surface area contributed by atoms with Crippen molar-refractivity contribution in [2.24, 2.45) is 0 Å². The maximum absolute atomic E-state index is 11.8. The number of pyridine rings is 1. The molecule has 0 saturated heterocycles. The van der Waals surface area contributed by atoms with E-state index in [0.29, 0.717) is 11.6 Å². The van der Waals surface area contributed by atoms with Gasteiger partial charge >= 0.3 is 0 Å². The Morgan fingerprint density at radius 2 is 2.22 bits per heavy atom. The molecular weight excluding hydrogens is 236 g/mol. The average molecular weight is 246 g/mol. The van der Waals surface area contributed by atoms with Crippen molar-refractivity contribution in [3.63, 3.8) is 0 Å². The predicted molar refractivity (Wildman–Crippen MR) is 63.6 cm³/mol. The number of methoxy groups -OCH3 is 1. The lowest BCUT2D eigenvalue weighted by atomic mass is 10.3. The summed E-state index contributed by atoms with van der Waals surface area (Å²) in [5.41, 5.74) is 0.156. The van der Waals surface area contributed by atoms with Crippen molar-refractivity contribution in [2.75, 3.05) is 12.4 Å². The molecule has 2 heterocycles. The minimum absolute atomic E-state index is 0.0977. The third kappa shape index (κ3) is 2.51. The molecule has 0 aromatic carbocycles. The molecule has 2 aromatic heterocycles. The van der Waals surface area contributed by atoms with Gasteiger partial charge in [-0.2, -0.15) is 5.10 Å². The van der Waals surface area contributed by atoms with Gasteiger partial charge in [0.1, 0.15) is 11.4 Å². The standard InChI is InChI=1S/C11H10N4O3/c1-18-11-8(3-2-6-12-11)13-10(17)7-4-5-9(16)15-14-7/h2-6H,1H3,(H,13,17)(H,15,16). The van der Waals surface area contributed by atoms with Crippen LogP contribution in [0.3, 0.4) is 0 Å². The number of hydrogen-bond donors (Lipinski definition) is 2. The van der Waals surface area contributed by atoms with Crippen molar-refractivity contribution >= 4 is 11.6 Å². The first-order chi connectivity index (χ1) is 8.70. The fraction of sp³-hybridized carbons (Fsp3) is 0.0909. The monoisotopic (exact) mass is 246 g/mol. The number of hydrogen-bond acceptors (Lipinski definition) is 5. The predicted octanol–water partition coefficient (Wildman–Crippen LogP) is 0.426. The lowest BCUT2D eigenvalue weighted by Gasteiger charge is -2.07. The number of amides is 1. The van der Waals surface area contributed by atoms with E-state index < -0.39 is 5.91 Å². The second-order valence-electron chi connectivity index (χ2n) is 3.32. The molecule has 2 N–H and O–H groups in total. The summed E-state index contributed by atoms with van der Waals surface area (Å²) in [6, 6.07) is 5.87. The third-order valence-electron chi connectivity index (χ3n) is 2.12. The Kier molecular flexibility index (Phi) is 3.33. The molecule has 7 nitrogen and oxygen atoms in total. The molecule has 0 aliphatic rings. The van der Waals surface area contributed by atoms with Crippen LogP contribution < -0.4 is 15.6 Å². The van der Waals surface area contributed by atoms with Crippen LogP contribution in [-0.4, -0.2) is 28.2 Å². The highest BCUT2D eigenvalue weighted by Gasteiger charge is 2.11. The van der Waals surface area contributed by atoms with E-state index >= 15 is 0 Å². The largest absolute Gasteiger partial charge is 0.480 e. The minimum Gasteiger partial charge on any atom is -0.480 e. The van der Waals surface area contributed by atoms with Gasteiger partial charge in [-0.1, -0.05) is 0 Å². The van der Waals surface area contributed by atoms with E-state index in [4.69, 9.17) is 4.74 Å². The summed E-state index contributed by atoms with van der Waals surface area (Å²) in [6.45, 7) is 0. The van der Waals surface area contributed by atoms with E-state index in [0.717, 1.165) is 0 Å². The van der Waals surface area contributed by atoms with Gasteiger partial charge in [0.15, 0.2) is 0 Å². The Morgan fingerprint density at radius 3 is 2.89 bits per heavy atom. The summed E-state index contributed by atoms with van der Waals surface area (Å²) in [4.78, 5) is 26.6. The molecule has 7 heteroatoms. The SMILES string of the molecule is COc1ncccc1NC(=O)c1ccc(=O)[nH]n1. The normalized spacial score (nSPS) is 9.83. The van der Waals surface area contributed by atoms with Gasteiger partial charge in [-0.25, -0.2) is 10.1 Å². The van der Waals surface area contributed by atoms with Crippen LogP contribution in [0.15, 0.2) is 35.3 Å². The quantitative estimate of drug-likeness (QED) is 0.818. The highest BCUT2D eigenvalue weighted by Crippen LogP contribution is 2.20. The zero-order valence-electron chi connectivity index (χ0n) is 9.51. The molecule has 1 amide bonds. The summed E-state index contributed by atoms with van der Waals surface area (Å²) in [6.07, 6.45) is 1.55. The van der Waals surface area contributed by atoms with Crippen molar-refractivity contribution in [3.05, 3.63) is 46.5 Å². The van der Waals surface area contributed by atoms with Crippen LogP contribution in [0.4, 0.5) is 5.69 Å². The maximum Gasteiger partial charge on any atom is 0.276 e. The number of aromatic nitrogens is 3. The molecule has 92 valence electrons.